The number of amides is 1. The first-order valence-electron chi connectivity index (χ1n) is 25.5. The molecule has 0 aliphatic carbocycles. The summed E-state index contributed by atoms with van der Waals surface area (Å²) >= 11 is 0. The van der Waals surface area contributed by atoms with Crippen LogP contribution in [0, 0.1) is 0 Å². The number of unbranched alkanes of at least 4 members (excludes halogenated alkanes) is 15. The summed E-state index contributed by atoms with van der Waals surface area (Å²) in [6.07, 6.45) is 84.0. The lowest BCUT2D eigenvalue weighted by molar-refractivity contribution is -0.123. The van der Waals surface area contributed by atoms with Crippen molar-refractivity contribution in [3.63, 3.8) is 0 Å². The Labute approximate surface area is 389 Å². The van der Waals surface area contributed by atoms with Crippen LogP contribution in [0.2, 0.25) is 0 Å². The molecule has 0 heterocycles. The van der Waals surface area contributed by atoms with Gasteiger partial charge < -0.3 is 15.5 Å². The molecule has 2 atom stereocenters. The molecule has 0 aromatic rings. The Balaban J connectivity index is 3.71. The molecule has 0 spiro atoms. The Morgan fingerprint density at radius 1 is 0.397 bits per heavy atom. The van der Waals surface area contributed by atoms with Gasteiger partial charge in [-0.05, 0) is 109 Å². The van der Waals surface area contributed by atoms with Gasteiger partial charge in [0.05, 0.1) is 18.8 Å². The molecule has 0 radical (unpaired) electrons. The van der Waals surface area contributed by atoms with Gasteiger partial charge >= 0.3 is 0 Å². The molecule has 4 nitrogen and oxygen atoms in total. The lowest BCUT2D eigenvalue weighted by atomic mass is 10.1. The van der Waals surface area contributed by atoms with E-state index in [1.165, 1.54) is 70.6 Å². The van der Waals surface area contributed by atoms with Crippen molar-refractivity contribution in [2.75, 3.05) is 6.61 Å². The van der Waals surface area contributed by atoms with E-state index >= 15 is 0 Å². The fourth-order valence-electron chi connectivity index (χ4n) is 6.69. The van der Waals surface area contributed by atoms with Gasteiger partial charge in [0.1, 0.15) is 0 Å². The lowest BCUT2D eigenvalue weighted by Crippen LogP contribution is -2.45. The maximum absolute atomic E-state index is 12.4. The summed E-state index contributed by atoms with van der Waals surface area (Å²) in [6, 6.07) is -0.657. The Bertz CT molecular complexity index is 1350. The van der Waals surface area contributed by atoms with Gasteiger partial charge in [0.15, 0.2) is 0 Å². The summed E-state index contributed by atoms with van der Waals surface area (Å²) in [6.45, 7) is 4.15. The third kappa shape index (κ3) is 49.1. The number of hydrogen-bond acceptors (Lipinski definition) is 3. The van der Waals surface area contributed by atoms with Crippen molar-refractivity contribution < 1.29 is 15.0 Å². The topological polar surface area (TPSA) is 69.6 Å². The molecule has 63 heavy (non-hydrogen) atoms. The number of carbonyl (C=O) groups excluding carboxylic acids is 1. The van der Waals surface area contributed by atoms with E-state index in [-0.39, 0.29) is 12.5 Å². The molecule has 0 saturated heterocycles. The smallest absolute Gasteiger partial charge is 0.220 e. The second kappa shape index (κ2) is 52.6. The normalized spacial score (nSPS) is 14.2. The lowest BCUT2D eigenvalue weighted by Gasteiger charge is -2.19. The molecular formula is C59H95NO3. The number of aliphatic hydroxyl groups is 2. The van der Waals surface area contributed by atoms with Gasteiger partial charge in [0.25, 0.3) is 0 Å². The zero-order valence-corrected chi connectivity index (χ0v) is 40.5. The third-order valence-electron chi connectivity index (χ3n) is 10.6. The molecule has 354 valence electrons. The highest BCUT2D eigenvalue weighted by Crippen LogP contribution is 2.12. The molecule has 0 aliphatic rings. The number of allylic oxidation sites excluding steroid dienone is 23. The fourth-order valence-corrected chi connectivity index (χ4v) is 6.69. The van der Waals surface area contributed by atoms with E-state index in [1.807, 2.05) is 6.08 Å². The van der Waals surface area contributed by atoms with Crippen molar-refractivity contribution in [1.82, 2.24) is 5.32 Å². The van der Waals surface area contributed by atoms with Gasteiger partial charge in [-0.2, -0.15) is 0 Å². The second-order valence-electron chi connectivity index (χ2n) is 16.5. The summed E-state index contributed by atoms with van der Waals surface area (Å²) in [5.41, 5.74) is 0. The molecule has 0 bridgehead atoms. The SMILES string of the molecule is CC/C=C\C/C=C\C/C=C\C/C=C\C/C=C\C/C=C\C/C=C\C/C=C\C/C=C\C/C=C\CCCCCCCCC(=O)NC(CO)C(O)/C=C/CC/C=C/CCCCCCCCCC. The van der Waals surface area contributed by atoms with Crippen LogP contribution in [0.4, 0.5) is 0 Å². The molecule has 0 fully saturated rings. The Morgan fingerprint density at radius 3 is 1.11 bits per heavy atom. The van der Waals surface area contributed by atoms with Gasteiger partial charge in [0, 0.05) is 6.42 Å². The number of rotatable bonds is 44. The molecule has 2 unspecified atom stereocenters. The van der Waals surface area contributed by atoms with E-state index in [4.69, 9.17) is 0 Å². The Hall–Kier alpha value is -3.73. The molecular weight excluding hydrogens is 771 g/mol. The van der Waals surface area contributed by atoms with E-state index in [2.05, 4.69) is 153 Å². The minimum atomic E-state index is -0.878. The highest BCUT2D eigenvalue weighted by Gasteiger charge is 2.17. The van der Waals surface area contributed by atoms with Gasteiger partial charge in [-0.15, -0.1) is 0 Å². The van der Waals surface area contributed by atoms with E-state index in [9.17, 15) is 15.0 Å². The van der Waals surface area contributed by atoms with E-state index in [0.717, 1.165) is 109 Å². The highest BCUT2D eigenvalue weighted by molar-refractivity contribution is 5.76. The minimum absolute atomic E-state index is 0.0961. The first-order chi connectivity index (χ1) is 31.2. The van der Waals surface area contributed by atoms with Crippen LogP contribution < -0.4 is 5.32 Å². The Morgan fingerprint density at radius 2 is 0.714 bits per heavy atom. The van der Waals surface area contributed by atoms with Crippen molar-refractivity contribution in [3.05, 3.63) is 146 Å². The van der Waals surface area contributed by atoms with Crippen molar-refractivity contribution in [2.45, 2.75) is 212 Å². The van der Waals surface area contributed by atoms with Crippen molar-refractivity contribution in [1.29, 1.82) is 0 Å². The third-order valence-corrected chi connectivity index (χ3v) is 10.6. The van der Waals surface area contributed by atoms with Crippen LogP contribution in [0.1, 0.15) is 200 Å². The predicted octanol–water partition coefficient (Wildman–Crippen LogP) is 16.9. The molecule has 4 heteroatoms. The molecule has 0 aromatic carbocycles. The first-order valence-corrected chi connectivity index (χ1v) is 25.5. The zero-order valence-electron chi connectivity index (χ0n) is 40.5. The van der Waals surface area contributed by atoms with Gasteiger partial charge in [0.2, 0.25) is 5.91 Å². The van der Waals surface area contributed by atoms with E-state index in [1.54, 1.807) is 6.08 Å². The summed E-state index contributed by atoms with van der Waals surface area (Å²) in [7, 11) is 0. The van der Waals surface area contributed by atoms with Gasteiger partial charge in [-0.3, -0.25) is 4.79 Å². The van der Waals surface area contributed by atoms with Crippen LogP contribution in [-0.4, -0.2) is 34.9 Å². The van der Waals surface area contributed by atoms with Gasteiger partial charge in [-0.25, -0.2) is 0 Å². The van der Waals surface area contributed by atoms with Crippen LogP contribution >= 0.6 is 0 Å². The zero-order chi connectivity index (χ0) is 45.6. The van der Waals surface area contributed by atoms with Crippen LogP contribution in [0.5, 0.6) is 0 Å². The average molecular weight is 866 g/mol. The second-order valence-corrected chi connectivity index (χ2v) is 16.5. The Kier molecular flexibility index (Phi) is 49.5. The molecule has 1 amide bonds. The van der Waals surface area contributed by atoms with E-state index < -0.39 is 12.1 Å². The number of aliphatic hydroxyl groups excluding tert-OH is 2. The van der Waals surface area contributed by atoms with Crippen LogP contribution in [0.25, 0.3) is 0 Å². The average Bonchev–Trinajstić information content (AvgIpc) is 3.29. The summed E-state index contributed by atoms with van der Waals surface area (Å²) in [5, 5.41) is 23.0. The van der Waals surface area contributed by atoms with E-state index in [0.29, 0.717) is 6.42 Å². The maximum Gasteiger partial charge on any atom is 0.220 e. The summed E-state index contributed by atoms with van der Waals surface area (Å²) < 4.78 is 0. The number of nitrogens with one attached hydrogen (secondary N) is 1. The molecule has 0 saturated carbocycles. The molecule has 0 rings (SSSR count). The molecule has 3 N–H and O–H groups in total. The maximum atomic E-state index is 12.4. The highest BCUT2D eigenvalue weighted by atomic mass is 16.3. The van der Waals surface area contributed by atoms with Crippen molar-refractivity contribution in [2.24, 2.45) is 0 Å². The largest absolute Gasteiger partial charge is 0.394 e. The monoisotopic (exact) mass is 866 g/mol. The quantitative estimate of drug-likeness (QED) is 0.0422. The summed E-state index contributed by atoms with van der Waals surface area (Å²) in [5.74, 6) is -0.0961. The fraction of sp³-hybridized carbons (Fsp3) is 0.576. The standard InChI is InChI=1S/C59H95NO3/c1-3-5-7-9-11-13-15-17-19-20-21-22-23-24-25-26-27-28-29-30-31-32-33-34-35-36-37-38-39-40-41-43-45-47-49-51-53-55-59(63)60-57(56-61)58(62)54-52-50-48-46-44-42-18-16-14-12-10-8-6-4-2/h5,7,11,13,17,19,21-22,24-25,27-28,30-31,33-34,36-37,39-40,44,46,52,54,57-58,61-62H,3-4,6,8-10,12,14-16,18,20,23,26,29,32,35,38,41-43,45,47-51,53,55-56H2,1-2H3,(H,60,63)/b7-5-,13-11-,19-17-,22-21-,25-24-,28-27-,31-30-,34-33-,37-36-,40-39-,46-44+,54-52+. The van der Waals surface area contributed by atoms with Crippen LogP contribution in [0.3, 0.4) is 0 Å². The molecule has 0 aliphatic heterocycles. The van der Waals surface area contributed by atoms with Crippen LogP contribution in [0.15, 0.2) is 146 Å². The number of hydrogen-bond donors (Lipinski definition) is 3. The molecule has 0 aromatic heterocycles. The van der Waals surface area contributed by atoms with Crippen LogP contribution in [-0.2, 0) is 4.79 Å². The van der Waals surface area contributed by atoms with Crippen molar-refractivity contribution in [3.8, 4) is 0 Å². The number of carbonyl (C=O) groups is 1. The predicted molar refractivity (Wildman–Crippen MR) is 280 cm³/mol. The van der Waals surface area contributed by atoms with Gasteiger partial charge in [-0.1, -0.05) is 230 Å². The first kappa shape index (κ1) is 59.3. The van der Waals surface area contributed by atoms with Crippen molar-refractivity contribution >= 4 is 5.91 Å². The summed E-state index contributed by atoms with van der Waals surface area (Å²) in [4.78, 5) is 12.4. The minimum Gasteiger partial charge on any atom is -0.394 e.